The van der Waals surface area contributed by atoms with E-state index in [-0.39, 0.29) is 16.7 Å². The van der Waals surface area contributed by atoms with Crippen molar-refractivity contribution in [1.82, 2.24) is 15.2 Å². The molecule has 0 radical (unpaired) electrons. The number of nitrogens with zero attached hydrogens (tertiary/aromatic N) is 3. The minimum atomic E-state index is -2.71. The number of allylic oxidation sites excluding steroid dienone is 1. The second kappa shape index (κ2) is 7.82. The summed E-state index contributed by atoms with van der Waals surface area (Å²) in [7, 11) is 0. The first-order valence-corrected chi connectivity index (χ1v) is 7.31. The minimum Gasteiger partial charge on any atom is -0.465 e. The predicted molar refractivity (Wildman–Crippen MR) is 84.0 cm³/mol. The quantitative estimate of drug-likeness (QED) is 0.611. The second-order valence-corrected chi connectivity index (χ2v) is 5.22. The van der Waals surface area contributed by atoms with Crippen molar-refractivity contribution < 1.29 is 18.0 Å². The number of aromatic nitrogens is 2. The van der Waals surface area contributed by atoms with E-state index < -0.39 is 12.3 Å². The van der Waals surface area contributed by atoms with Gasteiger partial charge in [0, 0.05) is 6.21 Å². The average molecular weight is 387 g/mol. The van der Waals surface area contributed by atoms with Crippen LogP contribution in [0.25, 0.3) is 6.08 Å². The first-order chi connectivity index (χ1) is 11.0. The summed E-state index contributed by atoms with van der Waals surface area (Å²) >= 11 is 3.04. The third-order valence-electron chi connectivity index (χ3n) is 2.81. The summed E-state index contributed by atoms with van der Waals surface area (Å²) in [4.78, 5) is 11.7. The van der Waals surface area contributed by atoms with E-state index in [0.717, 1.165) is 0 Å². The van der Waals surface area contributed by atoms with Crippen LogP contribution in [-0.2, 0) is 11.3 Å². The van der Waals surface area contributed by atoms with Crippen LogP contribution < -0.4 is 5.43 Å². The zero-order valence-electron chi connectivity index (χ0n) is 12.0. The van der Waals surface area contributed by atoms with Gasteiger partial charge in [0.05, 0.1) is 16.4 Å². The fourth-order valence-corrected chi connectivity index (χ4v) is 2.15. The molecule has 0 spiro atoms. The van der Waals surface area contributed by atoms with Gasteiger partial charge in [-0.05, 0) is 47.1 Å². The summed E-state index contributed by atoms with van der Waals surface area (Å²) in [6.45, 7) is 1.38. The number of nitrogens with one attached hydrogen (secondary N) is 1. The number of alkyl halides is 2. The highest BCUT2D eigenvalue weighted by Crippen LogP contribution is 2.28. The fourth-order valence-electron chi connectivity index (χ4n) is 1.69. The number of hydrazone groups is 1. The summed E-state index contributed by atoms with van der Waals surface area (Å²) in [6.07, 6.45) is 3.45. The average Bonchev–Trinajstić information content (AvgIpc) is 3.11. The second-order valence-electron chi connectivity index (χ2n) is 4.43. The number of rotatable bonds is 6. The van der Waals surface area contributed by atoms with Gasteiger partial charge in [0.1, 0.15) is 18.0 Å². The monoisotopic (exact) mass is 386 g/mol. The van der Waals surface area contributed by atoms with E-state index in [9.17, 15) is 13.6 Å². The fraction of sp³-hybridized carbons (Fsp3) is 0.214. The maximum atomic E-state index is 12.7. The molecule has 9 heteroatoms. The molecule has 1 amide bonds. The Hall–Kier alpha value is -2.29. The number of furan rings is 1. The highest BCUT2D eigenvalue weighted by atomic mass is 79.9. The van der Waals surface area contributed by atoms with Crippen LogP contribution in [0, 0.1) is 6.92 Å². The molecule has 0 aliphatic rings. The van der Waals surface area contributed by atoms with Crippen molar-refractivity contribution in [1.29, 1.82) is 0 Å². The molecule has 0 aliphatic carbocycles. The lowest BCUT2D eigenvalue weighted by Crippen LogP contribution is -2.24. The lowest BCUT2D eigenvalue weighted by Gasteiger charge is -2.02. The largest absolute Gasteiger partial charge is 0.465 e. The van der Waals surface area contributed by atoms with E-state index in [0.29, 0.717) is 11.5 Å². The van der Waals surface area contributed by atoms with Gasteiger partial charge >= 0.3 is 0 Å². The van der Waals surface area contributed by atoms with Crippen molar-refractivity contribution in [3.8, 4) is 0 Å². The maximum Gasteiger partial charge on any atom is 0.283 e. The minimum absolute atomic E-state index is 0.199. The number of carbonyl (C=O) groups excluding carboxylic acids is 1. The lowest BCUT2D eigenvalue weighted by molar-refractivity contribution is -0.121. The van der Waals surface area contributed by atoms with Crippen LogP contribution in [-0.4, -0.2) is 21.9 Å². The van der Waals surface area contributed by atoms with E-state index >= 15 is 0 Å². The third-order valence-corrected chi connectivity index (χ3v) is 3.79. The van der Waals surface area contributed by atoms with Crippen LogP contribution in [0.3, 0.4) is 0 Å². The summed E-state index contributed by atoms with van der Waals surface area (Å²) in [5.74, 6) is 0.172. The highest BCUT2D eigenvalue weighted by Gasteiger charge is 2.20. The van der Waals surface area contributed by atoms with Crippen molar-refractivity contribution in [2.75, 3.05) is 0 Å². The number of halogens is 3. The Morgan fingerprint density at radius 2 is 2.39 bits per heavy atom. The molecule has 2 aromatic heterocycles. The van der Waals surface area contributed by atoms with Gasteiger partial charge in [-0.3, -0.25) is 9.48 Å². The molecule has 2 rings (SSSR count). The Kier molecular flexibility index (Phi) is 5.80. The molecule has 23 heavy (non-hydrogen) atoms. The first kappa shape index (κ1) is 17.1. The van der Waals surface area contributed by atoms with Crippen molar-refractivity contribution in [3.05, 3.63) is 46.1 Å². The van der Waals surface area contributed by atoms with Crippen LogP contribution >= 0.6 is 15.9 Å². The van der Waals surface area contributed by atoms with Gasteiger partial charge in [0.15, 0.2) is 0 Å². The van der Waals surface area contributed by atoms with Gasteiger partial charge in [0.2, 0.25) is 0 Å². The Morgan fingerprint density at radius 1 is 1.61 bits per heavy atom. The van der Waals surface area contributed by atoms with Crippen LogP contribution in [0.4, 0.5) is 8.78 Å². The number of carbonyl (C=O) groups is 1. The van der Waals surface area contributed by atoms with Crippen molar-refractivity contribution >= 4 is 34.1 Å². The molecule has 2 heterocycles. The maximum absolute atomic E-state index is 12.7. The van der Waals surface area contributed by atoms with E-state index in [2.05, 4.69) is 31.6 Å². The van der Waals surface area contributed by atoms with Gasteiger partial charge in [-0.15, -0.1) is 0 Å². The smallest absolute Gasteiger partial charge is 0.283 e. The van der Waals surface area contributed by atoms with Crippen molar-refractivity contribution in [2.45, 2.75) is 19.9 Å². The van der Waals surface area contributed by atoms with E-state index in [1.807, 2.05) is 0 Å². The molecule has 0 aliphatic heterocycles. The van der Waals surface area contributed by atoms with E-state index in [1.54, 1.807) is 31.2 Å². The molecule has 0 fully saturated rings. The van der Waals surface area contributed by atoms with Crippen molar-refractivity contribution in [2.24, 2.45) is 5.10 Å². The van der Waals surface area contributed by atoms with Crippen LogP contribution in [0.2, 0.25) is 0 Å². The molecule has 0 saturated heterocycles. The van der Waals surface area contributed by atoms with Crippen molar-refractivity contribution in [3.63, 3.8) is 0 Å². The normalized spacial score (nSPS) is 11.9. The topological polar surface area (TPSA) is 72.4 Å². The SMILES string of the molecule is Cc1c(Br)c(C(F)F)nn1CC(=O)N/N=C\C=C\c1ccco1. The van der Waals surface area contributed by atoms with Gasteiger partial charge < -0.3 is 4.42 Å². The number of hydrogen-bond acceptors (Lipinski definition) is 4. The van der Waals surface area contributed by atoms with Crippen LogP contribution in [0.1, 0.15) is 23.6 Å². The highest BCUT2D eigenvalue weighted by molar-refractivity contribution is 9.10. The van der Waals surface area contributed by atoms with Gasteiger partial charge in [-0.2, -0.15) is 10.2 Å². The molecule has 0 atom stereocenters. The molecule has 0 unspecified atom stereocenters. The summed E-state index contributed by atoms with van der Waals surface area (Å²) in [5, 5.41) is 7.41. The first-order valence-electron chi connectivity index (χ1n) is 6.52. The molecule has 122 valence electrons. The molecule has 1 N–H and O–H groups in total. The van der Waals surface area contributed by atoms with Crippen LogP contribution in [0.15, 0.2) is 38.5 Å². The molecule has 2 aromatic rings. The van der Waals surface area contributed by atoms with Gasteiger partial charge in [-0.1, -0.05) is 0 Å². The number of hydrogen-bond donors (Lipinski definition) is 1. The molecule has 0 saturated carbocycles. The summed E-state index contributed by atoms with van der Waals surface area (Å²) < 4.78 is 31.9. The zero-order valence-corrected chi connectivity index (χ0v) is 13.6. The number of amides is 1. The molecular formula is C14H13BrF2N4O2. The van der Waals surface area contributed by atoms with E-state index in [4.69, 9.17) is 4.42 Å². The zero-order chi connectivity index (χ0) is 16.8. The molecular weight excluding hydrogens is 374 g/mol. The molecule has 0 bridgehead atoms. The Morgan fingerprint density at radius 3 is 3.00 bits per heavy atom. The molecule has 6 nitrogen and oxygen atoms in total. The summed E-state index contributed by atoms with van der Waals surface area (Å²) in [5.41, 5.74) is 2.33. The lowest BCUT2D eigenvalue weighted by atomic mass is 10.4. The van der Waals surface area contributed by atoms with Gasteiger partial charge in [-0.25, -0.2) is 14.2 Å². The predicted octanol–water partition coefficient (Wildman–Crippen LogP) is 3.30. The molecule has 0 aromatic carbocycles. The van der Waals surface area contributed by atoms with E-state index in [1.165, 1.54) is 17.2 Å². The third kappa shape index (κ3) is 4.59. The standard InChI is InChI=1S/C14H13BrF2N4O2/c1-9-12(15)13(14(16)17)20-21(9)8-11(22)19-18-6-2-4-10-5-3-7-23-10/h2-7,14H,8H2,1H3,(H,19,22)/b4-2+,18-6-. The summed E-state index contributed by atoms with van der Waals surface area (Å²) in [6, 6.07) is 3.51. The van der Waals surface area contributed by atoms with Crippen LogP contribution in [0.5, 0.6) is 0 Å². The Labute approximate surface area is 139 Å². The Bertz CT molecular complexity index is 723. The van der Waals surface area contributed by atoms with Gasteiger partial charge in [0.25, 0.3) is 12.3 Å². The Balaban J connectivity index is 1.89.